The Balaban J connectivity index is 2.25. The molecule has 0 fully saturated rings. The van der Waals surface area contributed by atoms with E-state index in [0.29, 0.717) is 28.8 Å². The fraction of sp³-hybridized carbons (Fsp3) is 0.0588. The van der Waals surface area contributed by atoms with Crippen LogP contribution in [0.3, 0.4) is 0 Å². The number of carbonyl (C=O) groups excluding carboxylic acids is 1. The largest absolute Gasteiger partial charge is 0.477 e. The molecule has 3 aromatic rings. The number of aromatic carboxylic acids is 1. The molecular weight excluding hydrogens is 302 g/mol. The Morgan fingerprint density at radius 3 is 2.64 bits per heavy atom. The number of hydrogen-bond acceptors (Lipinski definition) is 2. The van der Waals surface area contributed by atoms with Crippen LogP contribution in [0.2, 0.25) is 5.02 Å². The molecule has 0 amide bonds. The summed E-state index contributed by atoms with van der Waals surface area (Å²) in [6, 6.07) is 14.4. The van der Waals surface area contributed by atoms with Crippen molar-refractivity contribution in [3.63, 3.8) is 0 Å². The highest BCUT2D eigenvalue weighted by Gasteiger charge is 2.21. The summed E-state index contributed by atoms with van der Waals surface area (Å²) in [5.41, 5.74) is 1.77. The van der Waals surface area contributed by atoms with E-state index in [0.717, 1.165) is 5.56 Å². The quantitative estimate of drug-likeness (QED) is 0.744. The zero-order valence-corrected chi connectivity index (χ0v) is 12.2. The number of benzene rings is 2. The smallest absolute Gasteiger partial charge is 0.353 e. The first-order chi connectivity index (χ1) is 10.6. The van der Waals surface area contributed by atoms with Gasteiger partial charge in [-0.2, -0.15) is 0 Å². The number of aldehydes is 1. The van der Waals surface area contributed by atoms with E-state index in [-0.39, 0.29) is 11.3 Å². The molecule has 0 bridgehead atoms. The number of para-hydroxylation sites is 1. The summed E-state index contributed by atoms with van der Waals surface area (Å²) in [5.74, 6) is -1.12. The Labute approximate surface area is 131 Å². The summed E-state index contributed by atoms with van der Waals surface area (Å²) >= 11 is 5.98. The van der Waals surface area contributed by atoms with Crippen LogP contribution in [0.15, 0.2) is 48.5 Å². The molecule has 0 aliphatic rings. The van der Waals surface area contributed by atoms with Crippen LogP contribution in [-0.4, -0.2) is 21.9 Å². The third-order valence-electron chi connectivity index (χ3n) is 3.56. The third kappa shape index (κ3) is 2.38. The van der Waals surface area contributed by atoms with Gasteiger partial charge in [0.05, 0.1) is 5.56 Å². The summed E-state index contributed by atoms with van der Waals surface area (Å²) in [7, 11) is 0. The molecule has 0 unspecified atom stereocenters. The molecule has 1 aromatic heterocycles. The van der Waals surface area contributed by atoms with Crippen molar-refractivity contribution in [2.75, 3.05) is 0 Å². The molecule has 0 radical (unpaired) electrons. The number of carbonyl (C=O) groups is 2. The van der Waals surface area contributed by atoms with Gasteiger partial charge in [0.1, 0.15) is 5.69 Å². The van der Waals surface area contributed by atoms with Gasteiger partial charge < -0.3 is 9.67 Å². The van der Waals surface area contributed by atoms with Gasteiger partial charge >= 0.3 is 5.97 Å². The van der Waals surface area contributed by atoms with Crippen molar-refractivity contribution in [2.24, 2.45) is 0 Å². The van der Waals surface area contributed by atoms with Crippen molar-refractivity contribution in [3.8, 4) is 0 Å². The second-order valence-corrected chi connectivity index (χ2v) is 5.35. The standard InChI is InChI=1S/C17H12ClNO3/c18-12-5-3-4-11(8-12)9-19-15-7-2-1-6-13(15)14(10-20)16(19)17(21)22/h1-8,10H,9H2,(H,21,22). The number of hydrogen-bond donors (Lipinski definition) is 1. The lowest BCUT2D eigenvalue weighted by Crippen LogP contribution is -2.11. The first-order valence-corrected chi connectivity index (χ1v) is 7.03. The number of halogens is 1. The predicted molar refractivity (Wildman–Crippen MR) is 84.8 cm³/mol. The van der Waals surface area contributed by atoms with Crippen LogP contribution < -0.4 is 0 Å². The van der Waals surface area contributed by atoms with Crippen LogP contribution in [0.4, 0.5) is 0 Å². The summed E-state index contributed by atoms with van der Waals surface area (Å²) in [6.07, 6.45) is 0.597. The lowest BCUT2D eigenvalue weighted by atomic mass is 10.1. The molecule has 0 spiro atoms. The monoisotopic (exact) mass is 313 g/mol. The summed E-state index contributed by atoms with van der Waals surface area (Å²) in [5, 5.41) is 10.7. The molecule has 0 saturated heterocycles. The first kappa shape index (κ1) is 14.4. The lowest BCUT2D eigenvalue weighted by molar-refractivity contribution is 0.0683. The number of carboxylic acid groups (broad SMARTS) is 1. The van der Waals surface area contributed by atoms with E-state index in [4.69, 9.17) is 11.6 Å². The number of aromatic nitrogens is 1. The average Bonchev–Trinajstić information content (AvgIpc) is 2.81. The molecule has 0 aliphatic carbocycles. The number of nitrogens with zero attached hydrogens (tertiary/aromatic N) is 1. The maximum Gasteiger partial charge on any atom is 0.353 e. The van der Waals surface area contributed by atoms with Crippen molar-refractivity contribution in [1.29, 1.82) is 0 Å². The zero-order valence-electron chi connectivity index (χ0n) is 11.5. The van der Waals surface area contributed by atoms with Gasteiger partial charge in [-0.1, -0.05) is 41.9 Å². The minimum atomic E-state index is -1.12. The van der Waals surface area contributed by atoms with E-state index in [9.17, 15) is 14.7 Å². The Bertz CT molecular complexity index is 883. The van der Waals surface area contributed by atoms with Crippen LogP contribution in [-0.2, 0) is 6.54 Å². The third-order valence-corrected chi connectivity index (χ3v) is 3.80. The lowest BCUT2D eigenvalue weighted by Gasteiger charge is -2.09. The van der Waals surface area contributed by atoms with Crippen LogP contribution in [0.5, 0.6) is 0 Å². The van der Waals surface area contributed by atoms with Crippen LogP contribution >= 0.6 is 11.6 Å². The second-order valence-electron chi connectivity index (χ2n) is 4.92. The topological polar surface area (TPSA) is 59.3 Å². The van der Waals surface area contributed by atoms with Gasteiger partial charge in [0.2, 0.25) is 0 Å². The average molecular weight is 314 g/mol. The van der Waals surface area contributed by atoms with E-state index < -0.39 is 5.97 Å². The number of carboxylic acids is 1. The van der Waals surface area contributed by atoms with Crippen LogP contribution in [0, 0.1) is 0 Å². The van der Waals surface area contributed by atoms with Gasteiger partial charge in [0, 0.05) is 22.5 Å². The fourth-order valence-electron chi connectivity index (χ4n) is 2.66. The van der Waals surface area contributed by atoms with Crippen molar-refractivity contribution < 1.29 is 14.7 Å². The SMILES string of the molecule is O=Cc1c(C(=O)O)n(Cc2cccc(Cl)c2)c2ccccc12. The molecule has 0 saturated carbocycles. The van der Waals surface area contributed by atoms with Crippen molar-refractivity contribution in [1.82, 2.24) is 4.57 Å². The van der Waals surface area contributed by atoms with Crippen molar-refractivity contribution in [2.45, 2.75) is 6.54 Å². The van der Waals surface area contributed by atoms with E-state index >= 15 is 0 Å². The fourth-order valence-corrected chi connectivity index (χ4v) is 2.88. The minimum absolute atomic E-state index is 0.00354. The summed E-state index contributed by atoms with van der Waals surface area (Å²) < 4.78 is 1.63. The van der Waals surface area contributed by atoms with E-state index in [2.05, 4.69) is 0 Å². The number of rotatable bonds is 4. The molecule has 4 nitrogen and oxygen atoms in total. The molecule has 3 rings (SSSR count). The normalized spacial score (nSPS) is 10.8. The van der Waals surface area contributed by atoms with E-state index in [1.54, 1.807) is 34.9 Å². The minimum Gasteiger partial charge on any atom is -0.477 e. The first-order valence-electron chi connectivity index (χ1n) is 6.66. The maximum atomic E-state index is 11.6. The summed E-state index contributed by atoms with van der Waals surface area (Å²) in [4.78, 5) is 23.0. The molecule has 2 aromatic carbocycles. The summed E-state index contributed by atoms with van der Waals surface area (Å²) in [6.45, 7) is 0.330. The van der Waals surface area contributed by atoms with Gasteiger partial charge in [0.25, 0.3) is 0 Å². The van der Waals surface area contributed by atoms with E-state index in [1.807, 2.05) is 18.2 Å². The molecule has 0 aliphatic heterocycles. The Kier molecular flexibility index (Phi) is 3.69. The number of fused-ring (bicyclic) bond motifs is 1. The van der Waals surface area contributed by atoms with E-state index in [1.165, 1.54) is 0 Å². The molecule has 1 N–H and O–H groups in total. The van der Waals surface area contributed by atoms with Gasteiger partial charge in [0.15, 0.2) is 6.29 Å². The molecule has 22 heavy (non-hydrogen) atoms. The Hall–Kier alpha value is -2.59. The molecule has 0 atom stereocenters. The van der Waals surface area contributed by atoms with Gasteiger partial charge in [-0.05, 0) is 23.8 Å². The Morgan fingerprint density at radius 2 is 1.95 bits per heavy atom. The van der Waals surface area contributed by atoms with Crippen molar-refractivity contribution in [3.05, 3.63) is 70.4 Å². The van der Waals surface area contributed by atoms with Gasteiger partial charge in [-0.3, -0.25) is 4.79 Å². The predicted octanol–water partition coefficient (Wildman–Crippen LogP) is 3.85. The van der Waals surface area contributed by atoms with Crippen LogP contribution in [0.1, 0.15) is 26.4 Å². The highest BCUT2D eigenvalue weighted by Crippen LogP contribution is 2.26. The van der Waals surface area contributed by atoms with Crippen molar-refractivity contribution >= 4 is 34.8 Å². The molecular formula is C17H12ClNO3. The Morgan fingerprint density at radius 1 is 1.18 bits per heavy atom. The maximum absolute atomic E-state index is 11.6. The van der Waals surface area contributed by atoms with Crippen LogP contribution in [0.25, 0.3) is 10.9 Å². The molecule has 1 heterocycles. The highest BCUT2D eigenvalue weighted by atomic mass is 35.5. The van der Waals surface area contributed by atoms with Gasteiger partial charge in [-0.25, -0.2) is 4.79 Å². The van der Waals surface area contributed by atoms with Gasteiger partial charge in [-0.15, -0.1) is 0 Å². The zero-order chi connectivity index (χ0) is 15.7. The molecule has 5 heteroatoms. The second kappa shape index (κ2) is 5.66. The highest BCUT2D eigenvalue weighted by molar-refractivity contribution is 6.30. The molecule has 110 valence electrons.